The highest BCUT2D eigenvalue weighted by Crippen LogP contribution is 2.24. The molecule has 1 aromatic rings. The molecule has 7 nitrogen and oxygen atoms in total. The van der Waals surface area contributed by atoms with Gasteiger partial charge in [0.15, 0.2) is 10.4 Å². The van der Waals surface area contributed by atoms with Gasteiger partial charge >= 0.3 is 0 Å². The molecule has 112 valence electrons. The van der Waals surface area contributed by atoms with Gasteiger partial charge in [-0.3, -0.25) is 4.72 Å². The molecule has 1 fully saturated rings. The molecule has 0 saturated carbocycles. The SMILES string of the molecule is O=S1(=O)CCC(S(=O)(=O)Nc2ncc(Br)nc2Br)CC1. The van der Waals surface area contributed by atoms with E-state index in [1.54, 1.807) is 0 Å². The maximum absolute atomic E-state index is 12.2. The van der Waals surface area contributed by atoms with Gasteiger partial charge in [0.2, 0.25) is 10.0 Å². The summed E-state index contributed by atoms with van der Waals surface area (Å²) < 4.78 is 50.1. The van der Waals surface area contributed by atoms with Crippen molar-refractivity contribution in [1.29, 1.82) is 0 Å². The number of hydrogen-bond donors (Lipinski definition) is 1. The molecule has 0 amide bonds. The van der Waals surface area contributed by atoms with Crippen LogP contribution in [-0.4, -0.2) is 43.6 Å². The Morgan fingerprint density at radius 2 is 1.85 bits per heavy atom. The van der Waals surface area contributed by atoms with E-state index in [4.69, 9.17) is 0 Å². The number of nitrogens with zero attached hydrogens (tertiary/aromatic N) is 2. The summed E-state index contributed by atoms with van der Waals surface area (Å²) in [6.45, 7) is 0. The van der Waals surface area contributed by atoms with Crippen LogP contribution >= 0.6 is 31.9 Å². The summed E-state index contributed by atoms with van der Waals surface area (Å²) in [5.41, 5.74) is 0. The average Bonchev–Trinajstić information content (AvgIpc) is 2.32. The third kappa shape index (κ3) is 3.89. The molecule has 0 aromatic carbocycles. The van der Waals surface area contributed by atoms with Gasteiger partial charge in [-0.25, -0.2) is 26.8 Å². The molecule has 0 aliphatic carbocycles. The Morgan fingerprint density at radius 1 is 1.25 bits per heavy atom. The zero-order valence-electron chi connectivity index (χ0n) is 10.1. The van der Waals surface area contributed by atoms with Crippen molar-refractivity contribution >= 4 is 57.5 Å². The fourth-order valence-electron chi connectivity index (χ4n) is 1.81. The summed E-state index contributed by atoms with van der Waals surface area (Å²) in [6, 6.07) is 0. The zero-order valence-corrected chi connectivity index (χ0v) is 14.9. The lowest BCUT2D eigenvalue weighted by Gasteiger charge is -2.22. The molecule has 0 unspecified atom stereocenters. The first-order chi connectivity index (χ1) is 9.20. The first-order valence-electron chi connectivity index (χ1n) is 5.60. The maximum Gasteiger partial charge on any atom is 0.236 e. The number of sulfone groups is 1. The molecule has 0 bridgehead atoms. The smallest absolute Gasteiger partial charge is 0.236 e. The van der Waals surface area contributed by atoms with Crippen LogP contribution < -0.4 is 4.72 Å². The summed E-state index contributed by atoms with van der Waals surface area (Å²) in [7, 11) is -6.78. The van der Waals surface area contributed by atoms with Crippen LogP contribution in [0.15, 0.2) is 15.4 Å². The van der Waals surface area contributed by atoms with Crippen molar-refractivity contribution in [3.05, 3.63) is 15.4 Å². The molecule has 1 aliphatic rings. The molecule has 1 saturated heterocycles. The lowest BCUT2D eigenvalue weighted by atomic mass is 10.2. The second-order valence-electron chi connectivity index (χ2n) is 4.33. The second-order valence-corrected chi connectivity index (χ2v) is 10.2. The average molecular weight is 449 g/mol. The van der Waals surface area contributed by atoms with Gasteiger partial charge in [0.25, 0.3) is 0 Å². The first kappa shape index (κ1) is 16.1. The highest BCUT2D eigenvalue weighted by molar-refractivity contribution is 9.11. The van der Waals surface area contributed by atoms with Gasteiger partial charge in [0, 0.05) is 0 Å². The molecule has 2 heterocycles. The highest BCUT2D eigenvalue weighted by Gasteiger charge is 2.33. The number of halogens is 2. The zero-order chi connectivity index (χ0) is 15.0. The van der Waals surface area contributed by atoms with Gasteiger partial charge < -0.3 is 0 Å². The largest absolute Gasteiger partial charge is 0.265 e. The molecular formula is C9H11Br2N3O4S2. The van der Waals surface area contributed by atoms with Crippen LogP contribution in [0.3, 0.4) is 0 Å². The van der Waals surface area contributed by atoms with Crippen LogP contribution in [-0.2, 0) is 19.9 Å². The van der Waals surface area contributed by atoms with Crippen LogP contribution in [0.25, 0.3) is 0 Å². The molecule has 1 aromatic heterocycles. The molecule has 0 spiro atoms. The molecule has 2 rings (SSSR count). The van der Waals surface area contributed by atoms with Gasteiger partial charge in [0.05, 0.1) is 23.0 Å². The fraction of sp³-hybridized carbons (Fsp3) is 0.556. The minimum atomic E-state index is -3.68. The Bertz CT molecular complexity index is 707. The Labute approximate surface area is 133 Å². The van der Waals surface area contributed by atoms with Crippen LogP contribution in [0.5, 0.6) is 0 Å². The Balaban J connectivity index is 2.16. The van der Waals surface area contributed by atoms with Gasteiger partial charge in [-0.15, -0.1) is 0 Å². The number of hydrogen-bond acceptors (Lipinski definition) is 6. The molecule has 1 N–H and O–H groups in total. The van der Waals surface area contributed by atoms with Crippen LogP contribution in [0.4, 0.5) is 5.82 Å². The lowest BCUT2D eigenvalue weighted by Crippen LogP contribution is -2.36. The fourth-order valence-corrected chi connectivity index (χ4v) is 6.08. The van der Waals surface area contributed by atoms with Gasteiger partial charge in [-0.2, -0.15) is 0 Å². The van der Waals surface area contributed by atoms with E-state index in [2.05, 4.69) is 46.5 Å². The number of rotatable bonds is 3. The Morgan fingerprint density at radius 3 is 2.40 bits per heavy atom. The number of aromatic nitrogens is 2. The van der Waals surface area contributed by atoms with Gasteiger partial charge in [-0.1, -0.05) is 0 Å². The van der Waals surface area contributed by atoms with E-state index >= 15 is 0 Å². The van der Waals surface area contributed by atoms with Crippen molar-refractivity contribution in [3.8, 4) is 0 Å². The van der Waals surface area contributed by atoms with Crippen LogP contribution in [0, 0.1) is 0 Å². The van der Waals surface area contributed by atoms with Crippen molar-refractivity contribution in [1.82, 2.24) is 9.97 Å². The lowest BCUT2D eigenvalue weighted by molar-refractivity contribution is 0.555. The number of sulfonamides is 1. The second kappa shape index (κ2) is 5.85. The van der Waals surface area contributed by atoms with E-state index < -0.39 is 25.1 Å². The Hall–Kier alpha value is -0.260. The van der Waals surface area contributed by atoms with Gasteiger partial charge in [-0.05, 0) is 44.7 Å². The predicted octanol–water partition coefficient (Wildman–Crippen LogP) is 1.32. The van der Waals surface area contributed by atoms with E-state index in [0.717, 1.165) is 0 Å². The van der Waals surface area contributed by atoms with Crippen molar-refractivity contribution < 1.29 is 16.8 Å². The normalized spacial score (nSPS) is 19.7. The molecule has 1 aliphatic heterocycles. The molecule has 0 radical (unpaired) electrons. The third-order valence-electron chi connectivity index (χ3n) is 2.88. The number of anilines is 1. The van der Waals surface area contributed by atoms with Crippen LogP contribution in [0.2, 0.25) is 0 Å². The molecule has 0 atom stereocenters. The summed E-state index contributed by atoms with van der Waals surface area (Å²) >= 11 is 6.23. The molecular weight excluding hydrogens is 438 g/mol. The topological polar surface area (TPSA) is 106 Å². The van der Waals surface area contributed by atoms with E-state index in [0.29, 0.717) is 4.60 Å². The summed E-state index contributed by atoms with van der Waals surface area (Å²) in [4.78, 5) is 7.90. The molecule has 20 heavy (non-hydrogen) atoms. The number of nitrogens with one attached hydrogen (secondary N) is 1. The molecule has 11 heteroatoms. The van der Waals surface area contributed by atoms with Crippen molar-refractivity contribution in [3.63, 3.8) is 0 Å². The van der Waals surface area contributed by atoms with Crippen molar-refractivity contribution in [2.75, 3.05) is 16.2 Å². The van der Waals surface area contributed by atoms with E-state index in [1.807, 2.05) is 0 Å². The Kier molecular flexibility index (Phi) is 4.72. The van der Waals surface area contributed by atoms with Crippen molar-refractivity contribution in [2.24, 2.45) is 0 Å². The summed E-state index contributed by atoms with van der Waals surface area (Å²) in [5, 5.41) is -0.733. The summed E-state index contributed by atoms with van der Waals surface area (Å²) in [6.07, 6.45) is 1.56. The third-order valence-corrected chi connectivity index (χ3v) is 7.36. The van der Waals surface area contributed by atoms with E-state index in [-0.39, 0.29) is 34.8 Å². The summed E-state index contributed by atoms with van der Waals surface area (Å²) in [5.74, 6) is -0.126. The standard InChI is InChI=1S/C9H11Br2N3O4S2/c10-7-5-12-9(8(11)13-7)14-20(17,18)6-1-3-19(15,16)4-2-6/h5-6H,1-4H2,(H,12,14). The predicted molar refractivity (Wildman–Crippen MR) is 81.7 cm³/mol. The first-order valence-corrected chi connectivity index (χ1v) is 10.5. The van der Waals surface area contributed by atoms with E-state index in [1.165, 1.54) is 6.20 Å². The maximum atomic E-state index is 12.2. The highest BCUT2D eigenvalue weighted by atomic mass is 79.9. The van der Waals surface area contributed by atoms with Crippen LogP contribution in [0.1, 0.15) is 12.8 Å². The minimum absolute atomic E-state index is 0.0848. The quantitative estimate of drug-likeness (QED) is 0.747. The van der Waals surface area contributed by atoms with Gasteiger partial charge in [0.1, 0.15) is 14.4 Å². The monoisotopic (exact) mass is 447 g/mol. The minimum Gasteiger partial charge on any atom is -0.265 e. The van der Waals surface area contributed by atoms with E-state index in [9.17, 15) is 16.8 Å². The van der Waals surface area contributed by atoms with Crippen molar-refractivity contribution in [2.45, 2.75) is 18.1 Å².